The van der Waals surface area contributed by atoms with Crippen LogP contribution in [0.2, 0.25) is 0 Å². The largest absolute Gasteiger partial charge is 0.450 e. The van der Waals surface area contributed by atoms with Gasteiger partial charge < -0.3 is 20.3 Å². The summed E-state index contributed by atoms with van der Waals surface area (Å²) < 4.78 is 43.7. The lowest BCUT2D eigenvalue weighted by Gasteiger charge is -2.31. The fraction of sp³-hybridized carbons (Fsp3) is 0.471. The van der Waals surface area contributed by atoms with Crippen molar-refractivity contribution in [3.63, 3.8) is 0 Å². The van der Waals surface area contributed by atoms with Crippen LogP contribution in [0.15, 0.2) is 24.3 Å². The van der Waals surface area contributed by atoms with Crippen LogP contribution in [-0.2, 0) is 20.5 Å². The number of ether oxygens (including phenoxy) is 1. The number of likely N-dealkylation sites (tertiary alicyclic amines) is 1. The molecule has 1 fully saturated rings. The monoisotopic (exact) mass is 387 g/mol. The zero-order chi connectivity index (χ0) is 20.0. The Morgan fingerprint density at radius 1 is 1.15 bits per heavy atom. The van der Waals surface area contributed by atoms with Crippen LogP contribution >= 0.6 is 0 Å². The minimum atomic E-state index is -4.65. The number of rotatable bonds is 3. The third-order valence-corrected chi connectivity index (χ3v) is 4.04. The highest BCUT2D eigenvalue weighted by Gasteiger charge is 2.34. The molecule has 148 valence electrons. The Morgan fingerprint density at radius 2 is 1.78 bits per heavy atom. The fourth-order valence-electron chi connectivity index (χ4n) is 2.69. The van der Waals surface area contributed by atoms with E-state index in [4.69, 9.17) is 4.74 Å². The molecule has 1 aliphatic heterocycles. The zero-order valence-electron chi connectivity index (χ0n) is 14.6. The van der Waals surface area contributed by atoms with Gasteiger partial charge in [0.25, 0.3) is 0 Å². The van der Waals surface area contributed by atoms with Crippen LogP contribution in [0.25, 0.3) is 0 Å². The van der Waals surface area contributed by atoms with Gasteiger partial charge in [0, 0.05) is 19.1 Å². The standard InChI is InChI=1S/C17H20F3N3O4/c1-2-27-16(26)23-9-7-11(8-10-23)21-14(24)15(25)22-13-6-4-3-5-12(13)17(18,19)20/h3-6,11H,2,7-10H2,1H3,(H,21,24)(H,22,25). The maximum absolute atomic E-state index is 12.9. The molecule has 1 aromatic carbocycles. The second kappa shape index (κ2) is 8.74. The third kappa shape index (κ3) is 5.60. The van der Waals surface area contributed by atoms with Crippen molar-refractivity contribution < 1.29 is 32.3 Å². The zero-order valence-corrected chi connectivity index (χ0v) is 14.6. The number of halogens is 3. The summed E-state index contributed by atoms with van der Waals surface area (Å²) in [5.41, 5.74) is -1.52. The molecule has 7 nitrogen and oxygen atoms in total. The SMILES string of the molecule is CCOC(=O)N1CCC(NC(=O)C(=O)Nc2ccccc2C(F)(F)F)CC1. The molecule has 0 spiro atoms. The number of piperidine rings is 1. The van der Waals surface area contributed by atoms with E-state index < -0.39 is 35.3 Å². The second-order valence-corrected chi connectivity index (χ2v) is 5.93. The van der Waals surface area contributed by atoms with E-state index in [-0.39, 0.29) is 12.6 Å². The van der Waals surface area contributed by atoms with E-state index in [2.05, 4.69) is 5.32 Å². The van der Waals surface area contributed by atoms with Gasteiger partial charge in [-0.05, 0) is 31.9 Å². The lowest BCUT2D eigenvalue weighted by Crippen LogP contribution is -2.49. The molecule has 1 aromatic rings. The van der Waals surface area contributed by atoms with Crippen molar-refractivity contribution in [3.8, 4) is 0 Å². The number of anilines is 1. The quantitative estimate of drug-likeness (QED) is 0.780. The number of carbonyl (C=O) groups is 3. The molecule has 2 rings (SSSR count). The molecule has 1 aliphatic rings. The van der Waals surface area contributed by atoms with Gasteiger partial charge in [-0.25, -0.2) is 4.79 Å². The number of hydrogen-bond donors (Lipinski definition) is 2. The number of alkyl halides is 3. The van der Waals surface area contributed by atoms with Crippen molar-refractivity contribution in [2.24, 2.45) is 0 Å². The molecule has 0 aliphatic carbocycles. The van der Waals surface area contributed by atoms with E-state index in [0.29, 0.717) is 25.9 Å². The second-order valence-electron chi connectivity index (χ2n) is 5.93. The maximum atomic E-state index is 12.9. The number of hydrogen-bond acceptors (Lipinski definition) is 4. The van der Waals surface area contributed by atoms with Crippen molar-refractivity contribution >= 4 is 23.6 Å². The summed E-state index contributed by atoms with van der Waals surface area (Å²) in [5.74, 6) is -2.21. The summed E-state index contributed by atoms with van der Waals surface area (Å²) in [7, 11) is 0. The van der Waals surface area contributed by atoms with E-state index in [9.17, 15) is 27.6 Å². The van der Waals surface area contributed by atoms with E-state index >= 15 is 0 Å². The Kier molecular flexibility index (Phi) is 6.65. The summed E-state index contributed by atoms with van der Waals surface area (Å²) >= 11 is 0. The van der Waals surface area contributed by atoms with Crippen LogP contribution in [0.1, 0.15) is 25.3 Å². The molecular weight excluding hydrogens is 367 g/mol. The smallest absolute Gasteiger partial charge is 0.418 e. The first-order chi connectivity index (χ1) is 12.7. The Hall–Kier alpha value is -2.78. The Balaban J connectivity index is 1.89. The van der Waals surface area contributed by atoms with Gasteiger partial charge in [-0.3, -0.25) is 9.59 Å². The molecule has 1 saturated heterocycles. The summed E-state index contributed by atoms with van der Waals surface area (Å²) in [6, 6.07) is 4.06. The Morgan fingerprint density at radius 3 is 2.37 bits per heavy atom. The molecule has 0 atom stereocenters. The molecule has 27 heavy (non-hydrogen) atoms. The highest BCUT2D eigenvalue weighted by Crippen LogP contribution is 2.34. The fourth-order valence-corrected chi connectivity index (χ4v) is 2.69. The predicted molar refractivity (Wildman–Crippen MR) is 89.8 cm³/mol. The first-order valence-electron chi connectivity index (χ1n) is 8.42. The van der Waals surface area contributed by atoms with Crippen LogP contribution in [-0.4, -0.2) is 48.5 Å². The van der Waals surface area contributed by atoms with Crippen molar-refractivity contribution in [1.29, 1.82) is 0 Å². The lowest BCUT2D eigenvalue weighted by molar-refractivity contribution is -0.138. The van der Waals surface area contributed by atoms with Gasteiger partial charge in [-0.2, -0.15) is 13.2 Å². The summed E-state index contributed by atoms with van der Waals surface area (Å²) in [6.45, 7) is 2.65. The number of carbonyl (C=O) groups excluding carboxylic acids is 3. The molecule has 0 aromatic heterocycles. The van der Waals surface area contributed by atoms with Crippen LogP contribution in [0.5, 0.6) is 0 Å². The topological polar surface area (TPSA) is 87.7 Å². The van der Waals surface area contributed by atoms with Crippen molar-refractivity contribution in [3.05, 3.63) is 29.8 Å². The van der Waals surface area contributed by atoms with Crippen LogP contribution in [0, 0.1) is 0 Å². The molecule has 2 N–H and O–H groups in total. The molecule has 0 unspecified atom stereocenters. The first kappa shape index (κ1) is 20.5. The number of para-hydroxylation sites is 1. The summed E-state index contributed by atoms with van der Waals surface area (Å²) in [4.78, 5) is 37.0. The minimum absolute atomic E-state index is 0.259. The molecule has 10 heteroatoms. The van der Waals surface area contributed by atoms with Crippen molar-refractivity contribution in [2.75, 3.05) is 25.0 Å². The van der Waals surface area contributed by atoms with Gasteiger partial charge >= 0.3 is 24.1 Å². The molecule has 0 radical (unpaired) electrons. The van der Waals surface area contributed by atoms with Gasteiger partial charge in [0.15, 0.2) is 0 Å². The predicted octanol–water partition coefficient (Wildman–Crippen LogP) is 2.38. The van der Waals surface area contributed by atoms with Gasteiger partial charge in [-0.15, -0.1) is 0 Å². The van der Waals surface area contributed by atoms with Crippen LogP contribution < -0.4 is 10.6 Å². The van der Waals surface area contributed by atoms with Crippen LogP contribution in [0.3, 0.4) is 0 Å². The Labute approximate surface area is 153 Å². The number of amides is 3. The molecule has 1 heterocycles. The molecular formula is C17H20F3N3O4. The van der Waals surface area contributed by atoms with Crippen molar-refractivity contribution in [2.45, 2.75) is 32.0 Å². The first-order valence-corrected chi connectivity index (χ1v) is 8.42. The van der Waals surface area contributed by atoms with Crippen molar-refractivity contribution in [1.82, 2.24) is 10.2 Å². The summed E-state index contributed by atoms with van der Waals surface area (Å²) in [5, 5.41) is 4.47. The highest BCUT2D eigenvalue weighted by atomic mass is 19.4. The maximum Gasteiger partial charge on any atom is 0.418 e. The molecule has 3 amide bonds. The van der Waals surface area contributed by atoms with Gasteiger partial charge in [-0.1, -0.05) is 12.1 Å². The number of nitrogens with one attached hydrogen (secondary N) is 2. The normalized spacial score (nSPS) is 15.2. The average molecular weight is 387 g/mol. The van der Waals surface area contributed by atoms with Gasteiger partial charge in [0.05, 0.1) is 17.9 Å². The van der Waals surface area contributed by atoms with E-state index in [1.54, 1.807) is 6.92 Å². The number of nitrogens with zero attached hydrogens (tertiary/aromatic N) is 1. The molecule has 0 saturated carbocycles. The molecule has 0 bridgehead atoms. The highest BCUT2D eigenvalue weighted by molar-refractivity contribution is 6.39. The third-order valence-electron chi connectivity index (χ3n) is 4.04. The van der Waals surface area contributed by atoms with E-state index in [1.807, 2.05) is 5.32 Å². The van der Waals surface area contributed by atoms with E-state index in [0.717, 1.165) is 12.1 Å². The van der Waals surface area contributed by atoms with Crippen LogP contribution in [0.4, 0.5) is 23.7 Å². The number of benzene rings is 1. The van der Waals surface area contributed by atoms with E-state index in [1.165, 1.54) is 17.0 Å². The minimum Gasteiger partial charge on any atom is -0.450 e. The Bertz CT molecular complexity index is 701. The lowest BCUT2D eigenvalue weighted by atomic mass is 10.1. The summed E-state index contributed by atoms with van der Waals surface area (Å²) in [6.07, 6.45) is -4.27. The van der Waals surface area contributed by atoms with Gasteiger partial charge in [0.2, 0.25) is 0 Å². The van der Waals surface area contributed by atoms with Gasteiger partial charge in [0.1, 0.15) is 0 Å². The average Bonchev–Trinajstić information content (AvgIpc) is 2.62.